The smallest absolute Gasteiger partial charge is 0.0331 e. The average molecular weight is 252 g/mol. The highest BCUT2D eigenvalue weighted by molar-refractivity contribution is 7.10. The van der Waals surface area contributed by atoms with Gasteiger partial charge in [-0.15, -0.1) is 11.3 Å². The van der Waals surface area contributed by atoms with Crippen molar-refractivity contribution in [1.82, 2.24) is 10.2 Å². The van der Waals surface area contributed by atoms with Crippen molar-refractivity contribution in [2.24, 2.45) is 0 Å². The molecule has 2 heterocycles. The van der Waals surface area contributed by atoms with E-state index in [-0.39, 0.29) is 0 Å². The molecule has 2 atom stereocenters. The van der Waals surface area contributed by atoms with Gasteiger partial charge < -0.3 is 5.32 Å². The SMILES string of the molecule is CCC(C)NCCN1CCc2sccc2C1C. The minimum absolute atomic E-state index is 0.601. The second-order valence-electron chi connectivity index (χ2n) is 5.02. The van der Waals surface area contributed by atoms with E-state index in [1.165, 1.54) is 25.9 Å². The standard InChI is InChI=1S/C14H24N2S/c1-4-11(2)15-7-9-16-8-5-14-13(12(16)3)6-10-17-14/h6,10-12,15H,4-5,7-9H2,1-3H3. The molecule has 96 valence electrons. The van der Waals surface area contributed by atoms with Gasteiger partial charge in [0.05, 0.1) is 0 Å². The molecule has 0 aromatic carbocycles. The third kappa shape index (κ3) is 3.09. The summed E-state index contributed by atoms with van der Waals surface area (Å²) in [5.41, 5.74) is 1.56. The van der Waals surface area contributed by atoms with E-state index in [0.717, 1.165) is 6.54 Å². The summed E-state index contributed by atoms with van der Waals surface area (Å²) in [4.78, 5) is 4.20. The highest BCUT2D eigenvalue weighted by Gasteiger charge is 2.23. The summed E-state index contributed by atoms with van der Waals surface area (Å²) in [6.45, 7) is 10.3. The molecule has 0 fully saturated rings. The molecule has 1 aliphatic rings. The summed E-state index contributed by atoms with van der Waals surface area (Å²) in [5.74, 6) is 0. The van der Waals surface area contributed by atoms with E-state index >= 15 is 0 Å². The van der Waals surface area contributed by atoms with E-state index in [4.69, 9.17) is 0 Å². The Morgan fingerprint density at radius 3 is 3.18 bits per heavy atom. The second-order valence-corrected chi connectivity index (χ2v) is 6.03. The number of rotatable bonds is 5. The number of thiophene rings is 1. The monoisotopic (exact) mass is 252 g/mol. The zero-order valence-corrected chi connectivity index (χ0v) is 12.0. The molecule has 0 radical (unpaired) electrons. The third-order valence-corrected chi connectivity index (χ3v) is 4.90. The van der Waals surface area contributed by atoms with Crippen molar-refractivity contribution < 1.29 is 0 Å². The maximum atomic E-state index is 3.58. The fourth-order valence-corrected chi connectivity index (χ4v) is 3.43. The Labute approximate surface area is 109 Å². The first-order valence-corrected chi connectivity index (χ1v) is 7.64. The fraction of sp³-hybridized carbons (Fsp3) is 0.714. The zero-order chi connectivity index (χ0) is 12.3. The lowest BCUT2D eigenvalue weighted by atomic mass is 10.0. The van der Waals surface area contributed by atoms with Crippen LogP contribution in [0.2, 0.25) is 0 Å². The van der Waals surface area contributed by atoms with Gasteiger partial charge in [0.25, 0.3) is 0 Å². The van der Waals surface area contributed by atoms with Gasteiger partial charge in [0.1, 0.15) is 0 Å². The predicted octanol–water partition coefficient (Wildman–Crippen LogP) is 3.06. The molecule has 1 aromatic heterocycles. The van der Waals surface area contributed by atoms with Gasteiger partial charge in [0.15, 0.2) is 0 Å². The molecule has 0 amide bonds. The average Bonchev–Trinajstić information content (AvgIpc) is 2.81. The summed E-state index contributed by atoms with van der Waals surface area (Å²) in [6.07, 6.45) is 2.45. The largest absolute Gasteiger partial charge is 0.313 e. The Kier molecular flexibility index (Phi) is 4.60. The molecule has 0 saturated carbocycles. The first-order valence-electron chi connectivity index (χ1n) is 6.76. The highest BCUT2D eigenvalue weighted by Crippen LogP contribution is 2.32. The molecule has 0 bridgehead atoms. The molecular formula is C14H24N2S. The Morgan fingerprint density at radius 1 is 1.59 bits per heavy atom. The topological polar surface area (TPSA) is 15.3 Å². The zero-order valence-electron chi connectivity index (χ0n) is 11.2. The van der Waals surface area contributed by atoms with E-state index in [9.17, 15) is 0 Å². The molecule has 2 unspecified atom stereocenters. The van der Waals surface area contributed by atoms with Crippen LogP contribution in [-0.2, 0) is 6.42 Å². The van der Waals surface area contributed by atoms with E-state index in [1.54, 1.807) is 10.4 Å². The van der Waals surface area contributed by atoms with Crippen LogP contribution in [0, 0.1) is 0 Å². The van der Waals surface area contributed by atoms with Crippen molar-refractivity contribution in [2.45, 2.75) is 45.7 Å². The molecule has 0 saturated heterocycles. The Hall–Kier alpha value is -0.380. The highest BCUT2D eigenvalue weighted by atomic mass is 32.1. The maximum Gasteiger partial charge on any atom is 0.0331 e. The first-order chi connectivity index (χ1) is 8.22. The van der Waals surface area contributed by atoms with Crippen LogP contribution < -0.4 is 5.32 Å². The Balaban J connectivity index is 1.83. The van der Waals surface area contributed by atoms with Crippen LogP contribution >= 0.6 is 11.3 Å². The van der Waals surface area contributed by atoms with Crippen LogP contribution in [0.5, 0.6) is 0 Å². The van der Waals surface area contributed by atoms with Gasteiger partial charge in [0.2, 0.25) is 0 Å². The first kappa shape index (κ1) is 13.1. The minimum atomic E-state index is 0.601. The summed E-state index contributed by atoms with van der Waals surface area (Å²) < 4.78 is 0. The Bertz CT molecular complexity index is 348. The van der Waals surface area contributed by atoms with Crippen molar-refractivity contribution >= 4 is 11.3 Å². The molecule has 1 aromatic rings. The molecule has 17 heavy (non-hydrogen) atoms. The molecule has 2 nitrogen and oxygen atoms in total. The van der Waals surface area contributed by atoms with Crippen molar-refractivity contribution in [3.8, 4) is 0 Å². The van der Waals surface area contributed by atoms with E-state index < -0.39 is 0 Å². The normalized spacial score (nSPS) is 22.4. The number of nitrogens with zero attached hydrogens (tertiary/aromatic N) is 1. The molecule has 0 spiro atoms. The van der Waals surface area contributed by atoms with E-state index in [2.05, 4.69) is 42.4 Å². The number of hydrogen-bond acceptors (Lipinski definition) is 3. The lowest BCUT2D eigenvalue weighted by Crippen LogP contribution is -2.39. The predicted molar refractivity (Wildman–Crippen MR) is 75.8 cm³/mol. The summed E-state index contributed by atoms with van der Waals surface area (Å²) in [7, 11) is 0. The van der Waals surface area contributed by atoms with Crippen LogP contribution in [0.3, 0.4) is 0 Å². The van der Waals surface area contributed by atoms with Crippen LogP contribution in [0.15, 0.2) is 11.4 Å². The van der Waals surface area contributed by atoms with Crippen LogP contribution in [0.25, 0.3) is 0 Å². The molecule has 1 aliphatic heterocycles. The van der Waals surface area contributed by atoms with Crippen molar-refractivity contribution in [1.29, 1.82) is 0 Å². The van der Waals surface area contributed by atoms with Gasteiger partial charge in [-0.3, -0.25) is 4.90 Å². The number of fused-ring (bicyclic) bond motifs is 1. The fourth-order valence-electron chi connectivity index (χ4n) is 2.47. The summed E-state index contributed by atoms with van der Waals surface area (Å²) in [6, 6.07) is 3.55. The summed E-state index contributed by atoms with van der Waals surface area (Å²) in [5, 5.41) is 5.82. The third-order valence-electron chi connectivity index (χ3n) is 3.91. The van der Waals surface area contributed by atoms with Gasteiger partial charge >= 0.3 is 0 Å². The minimum Gasteiger partial charge on any atom is -0.313 e. The van der Waals surface area contributed by atoms with Gasteiger partial charge in [-0.05, 0) is 43.7 Å². The van der Waals surface area contributed by atoms with Gasteiger partial charge in [-0.2, -0.15) is 0 Å². The van der Waals surface area contributed by atoms with Crippen molar-refractivity contribution in [2.75, 3.05) is 19.6 Å². The van der Waals surface area contributed by atoms with Crippen LogP contribution in [-0.4, -0.2) is 30.6 Å². The van der Waals surface area contributed by atoms with E-state index in [0.29, 0.717) is 12.1 Å². The molecular weight excluding hydrogens is 228 g/mol. The van der Waals surface area contributed by atoms with Gasteiger partial charge in [-0.25, -0.2) is 0 Å². The quantitative estimate of drug-likeness (QED) is 0.866. The van der Waals surface area contributed by atoms with Crippen LogP contribution in [0.1, 0.15) is 43.7 Å². The lowest BCUT2D eigenvalue weighted by molar-refractivity contribution is 0.198. The van der Waals surface area contributed by atoms with Gasteiger partial charge in [0, 0.05) is 36.6 Å². The molecule has 2 rings (SSSR count). The molecule has 1 N–H and O–H groups in total. The Morgan fingerprint density at radius 2 is 2.41 bits per heavy atom. The van der Waals surface area contributed by atoms with E-state index in [1.807, 2.05) is 11.3 Å². The van der Waals surface area contributed by atoms with Crippen LogP contribution in [0.4, 0.5) is 0 Å². The summed E-state index contributed by atoms with van der Waals surface area (Å²) >= 11 is 1.92. The number of hydrogen-bond donors (Lipinski definition) is 1. The second kappa shape index (κ2) is 5.98. The lowest BCUT2D eigenvalue weighted by Gasteiger charge is -2.33. The maximum absolute atomic E-state index is 3.58. The van der Waals surface area contributed by atoms with Crippen molar-refractivity contribution in [3.05, 3.63) is 21.9 Å². The molecule has 3 heteroatoms. The van der Waals surface area contributed by atoms with Gasteiger partial charge in [-0.1, -0.05) is 6.92 Å². The molecule has 0 aliphatic carbocycles. The number of nitrogens with one attached hydrogen (secondary N) is 1. The van der Waals surface area contributed by atoms with Crippen molar-refractivity contribution in [3.63, 3.8) is 0 Å².